The minimum absolute atomic E-state index is 0.0534. The summed E-state index contributed by atoms with van der Waals surface area (Å²) in [5.74, 6) is -0.0534. The fraction of sp³-hybridized carbons (Fsp3) is 0.476. The number of carbonyl (C=O) groups is 2. The van der Waals surface area contributed by atoms with Crippen LogP contribution in [0, 0.1) is 13.8 Å². The van der Waals surface area contributed by atoms with Crippen molar-refractivity contribution in [1.29, 1.82) is 0 Å². The number of alkyl carbamates (subject to hydrolysis) is 1. The quantitative estimate of drug-likeness (QED) is 0.826. The Morgan fingerprint density at radius 3 is 2.43 bits per heavy atom. The highest BCUT2D eigenvalue weighted by Crippen LogP contribution is 2.19. The molecule has 0 saturated carbocycles. The Morgan fingerprint density at radius 2 is 1.82 bits per heavy atom. The van der Waals surface area contributed by atoms with E-state index in [0.717, 1.165) is 22.6 Å². The Hall–Kier alpha value is -2.83. The molecule has 0 saturated heterocycles. The van der Waals surface area contributed by atoms with E-state index in [4.69, 9.17) is 4.74 Å². The number of benzene rings is 1. The lowest BCUT2D eigenvalue weighted by molar-refractivity contribution is -0.130. The van der Waals surface area contributed by atoms with Gasteiger partial charge in [-0.3, -0.25) is 4.79 Å². The van der Waals surface area contributed by atoms with Crippen LogP contribution < -0.4 is 5.32 Å². The molecule has 2 rings (SSSR count). The number of hydrogen-bond acceptors (Lipinski definition) is 4. The largest absolute Gasteiger partial charge is 0.444 e. The lowest BCUT2D eigenvalue weighted by atomic mass is 10.2. The third-order valence-electron chi connectivity index (χ3n) is 4.27. The first-order chi connectivity index (χ1) is 13.1. The number of carbonyl (C=O) groups excluding carboxylic acids is 2. The van der Waals surface area contributed by atoms with Gasteiger partial charge in [0.15, 0.2) is 0 Å². The number of aromatic nitrogens is 2. The summed E-state index contributed by atoms with van der Waals surface area (Å²) in [5, 5.41) is 7.23. The molecule has 1 aromatic carbocycles. The van der Waals surface area contributed by atoms with E-state index < -0.39 is 11.7 Å². The number of ether oxygens (including phenoxy) is 1. The molecule has 1 heterocycles. The van der Waals surface area contributed by atoms with E-state index in [9.17, 15) is 9.59 Å². The van der Waals surface area contributed by atoms with Crippen molar-refractivity contribution in [3.8, 4) is 5.69 Å². The monoisotopic (exact) mass is 386 g/mol. The van der Waals surface area contributed by atoms with Gasteiger partial charge in [-0.05, 0) is 46.8 Å². The fourth-order valence-corrected chi connectivity index (χ4v) is 2.83. The van der Waals surface area contributed by atoms with E-state index in [1.165, 1.54) is 0 Å². The van der Waals surface area contributed by atoms with Crippen molar-refractivity contribution in [2.75, 3.05) is 13.6 Å². The van der Waals surface area contributed by atoms with Crippen LogP contribution >= 0.6 is 0 Å². The molecule has 0 unspecified atom stereocenters. The average Bonchev–Trinajstić information content (AvgIpc) is 2.89. The van der Waals surface area contributed by atoms with E-state index in [-0.39, 0.29) is 18.9 Å². The third kappa shape index (κ3) is 5.84. The van der Waals surface area contributed by atoms with Crippen LogP contribution in [-0.4, -0.2) is 45.9 Å². The van der Waals surface area contributed by atoms with Crippen LogP contribution in [0.25, 0.3) is 5.69 Å². The lowest BCUT2D eigenvalue weighted by Gasteiger charge is -2.20. The molecule has 0 bridgehead atoms. The van der Waals surface area contributed by atoms with Gasteiger partial charge in [-0.1, -0.05) is 18.2 Å². The second-order valence-electron chi connectivity index (χ2n) is 7.83. The molecule has 28 heavy (non-hydrogen) atoms. The number of nitrogens with one attached hydrogen (secondary N) is 1. The molecule has 152 valence electrons. The van der Waals surface area contributed by atoms with Gasteiger partial charge in [0.25, 0.3) is 0 Å². The molecule has 7 heteroatoms. The van der Waals surface area contributed by atoms with Crippen molar-refractivity contribution in [1.82, 2.24) is 20.0 Å². The molecule has 0 atom stereocenters. The highest BCUT2D eigenvalue weighted by Gasteiger charge is 2.18. The molecule has 0 aliphatic heterocycles. The number of hydrogen-bond donors (Lipinski definition) is 1. The summed E-state index contributed by atoms with van der Waals surface area (Å²) in [4.78, 5) is 25.7. The summed E-state index contributed by atoms with van der Waals surface area (Å²) in [6.45, 7) is 10.0. The Bertz CT molecular complexity index is 822. The van der Waals surface area contributed by atoms with Gasteiger partial charge < -0.3 is 15.0 Å². The summed E-state index contributed by atoms with van der Waals surface area (Å²) >= 11 is 0. The Labute approximate surface area is 166 Å². The van der Waals surface area contributed by atoms with E-state index in [1.54, 1.807) is 32.7 Å². The summed E-state index contributed by atoms with van der Waals surface area (Å²) in [6.07, 6.45) is -0.306. The second-order valence-corrected chi connectivity index (χ2v) is 7.83. The molecule has 2 aromatic rings. The highest BCUT2D eigenvalue weighted by molar-refractivity contribution is 5.77. The van der Waals surface area contributed by atoms with Gasteiger partial charge in [-0.2, -0.15) is 5.10 Å². The van der Waals surface area contributed by atoms with Crippen LogP contribution in [0.5, 0.6) is 0 Å². The average molecular weight is 386 g/mol. The van der Waals surface area contributed by atoms with Crippen molar-refractivity contribution in [3.05, 3.63) is 47.3 Å². The van der Waals surface area contributed by atoms with Gasteiger partial charge in [0, 0.05) is 37.8 Å². The summed E-state index contributed by atoms with van der Waals surface area (Å²) in [7, 11) is 1.76. The minimum atomic E-state index is -0.557. The standard InChI is InChI=1S/C21H30N4O3/c1-15-18(16(2)25(23-15)17-10-8-7-9-11-17)14-24(6)19(26)12-13-22-20(27)28-21(3,4)5/h7-11H,12-14H2,1-6H3,(H,22,27). The van der Waals surface area contributed by atoms with Gasteiger partial charge in [-0.25, -0.2) is 9.48 Å². The Balaban J connectivity index is 1.94. The first-order valence-corrected chi connectivity index (χ1v) is 9.40. The Kier molecular flexibility index (Phi) is 6.83. The molecule has 2 amide bonds. The molecule has 1 aromatic heterocycles. The molecule has 0 radical (unpaired) electrons. The molecule has 0 aliphatic rings. The normalized spacial score (nSPS) is 11.2. The zero-order valence-corrected chi connectivity index (χ0v) is 17.6. The fourth-order valence-electron chi connectivity index (χ4n) is 2.83. The number of rotatable bonds is 6. The third-order valence-corrected chi connectivity index (χ3v) is 4.27. The topological polar surface area (TPSA) is 76.5 Å². The van der Waals surface area contributed by atoms with Crippen LogP contribution in [-0.2, 0) is 16.1 Å². The van der Waals surface area contributed by atoms with E-state index in [2.05, 4.69) is 10.4 Å². The maximum atomic E-state index is 12.4. The Morgan fingerprint density at radius 1 is 1.18 bits per heavy atom. The smallest absolute Gasteiger partial charge is 0.407 e. The molecule has 0 fully saturated rings. The van der Waals surface area contributed by atoms with E-state index in [1.807, 2.05) is 48.9 Å². The van der Waals surface area contributed by atoms with Crippen LogP contribution in [0.1, 0.15) is 44.1 Å². The van der Waals surface area contributed by atoms with E-state index in [0.29, 0.717) is 6.54 Å². The van der Waals surface area contributed by atoms with Gasteiger partial charge in [0.05, 0.1) is 11.4 Å². The van der Waals surface area contributed by atoms with Crippen molar-refractivity contribution < 1.29 is 14.3 Å². The summed E-state index contributed by atoms with van der Waals surface area (Å²) in [6, 6.07) is 9.91. The maximum Gasteiger partial charge on any atom is 0.407 e. The molecule has 7 nitrogen and oxygen atoms in total. The molecular weight excluding hydrogens is 356 g/mol. The van der Waals surface area contributed by atoms with Crippen molar-refractivity contribution in [2.24, 2.45) is 0 Å². The number of amides is 2. The predicted octanol–water partition coefficient (Wildman–Crippen LogP) is 3.36. The van der Waals surface area contributed by atoms with Crippen molar-refractivity contribution >= 4 is 12.0 Å². The number of nitrogens with zero attached hydrogens (tertiary/aromatic N) is 3. The maximum absolute atomic E-state index is 12.4. The van der Waals surface area contributed by atoms with Crippen LogP contribution in [0.4, 0.5) is 4.79 Å². The van der Waals surface area contributed by atoms with Gasteiger partial charge >= 0.3 is 6.09 Å². The second kappa shape index (κ2) is 8.91. The van der Waals surface area contributed by atoms with Crippen LogP contribution in [0.2, 0.25) is 0 Å². The van der Waals surface area contributed by atoms with Crippen LogP contribution in [0.15, 0.2) is 30.3 Å². The summed E-state index contributed by atoms with van der Waals surface area (Å²) in [5.41, 5.74) is 3.37. The van der Waals surface area contributed by atoms with Crippen molar-refractivity contribution in [3.63, 3.8) is 0 Å². The first-order valence-electron chi connectivity index (χ1n) is 9.40. The molecule has 0 aliphatic carbocycles. The molecular formula is C21H30N4O3. The van der Waals surface area contributed by atoms with Gasteiger partial charge in [-0.15, -0.1) is 0 Å². The van der Waals surface area contributed by atoms with Crippen LogP contribution in [0.3, 0.4) is 0 Å². The van der Waals surface area contributed by atoms with Gasteiger partial charge in [0.2, 0.25) is 5.91 Å². The zero-order valence-electron chi connectivity index (χ0n) is 17.6. The predicted molar refractivity (Wildman–Crippen MR) is 108 cm³/mol. The number of para-hydroxylation sites is 1. The zero-order chi connectivity index (χ0) is 20.9. The SMILES string of the molecule is Cc1nn(-c2ccccc2)c(C)c1CN(C)C(=O)CCNC(=O)OC(C)(C)C. The molecule has 0 spiro atoms. The summed E-state index contributed by atoms with van der Waals surface area (Å²) < 4.78 is 7.06. The van der Waals surface area contributed by atoms with Gasteiger partial charge in [0.1, 0.15) is 5.60 Å². The highest BCUT2D eigenvalue weighted by atomic mass is 16.6. The first kappa shape index (κ1) is 21.5. The lowest BCUT2D eigenvalue weighted by Crippen LogP contribution is -2.35. The van der Waals surface area contributed by atoms with Crippen molar-refractivity contribution in [2.45, 2.75) is 53.2 Å². The van der Waals surface area contributed by atoms with E-state index >= 15 is 0 Å². The minimum Gasteiger partial charge on any atom is -0.444 e. The molecule has 1 N–H and O–H groups in total. The number of aryl methyl sites for hydroxylation is 1.